The Labute approximate surface area is 66.1 Å². The number of carbonyl (C=O) groups excluding carboxylic acids is 1. The van der Waals surface area contributed by atoms with Crippen LogP contribution in [0.1, 0.15) is 6.42 Å². The Balaban J connectivity index is 0.000000500. The maximum absolute atomic E-state index is 11.0. The Bertz CT molecular complexity index is 188. The zero-order chi connectivity index (χ0) is 6.27. The highest BCUT2D eigenvalue weighted by Gasteiger charge is 2.30. The maximum Gasteiger partial charge on any atom is 0.145 e. The average molecular weight is 160 g/mol. The van der Waals surface area contributed by atoms with Crippen LogP contribution in [-0.2, 0) is 4.79 Å². The first kappa shape index (κ1) is 7.76. The van der Waals surface area contributed by atoms with Crippen LogP contribution < -0.4 is 5.32 Å². The first-order chi connectivity index (χ1) is 4.38. The van der Waals surface area contributed by atoms with Crippen LogP contribution in [0.15, 0.2) is 11.6 Å². The third-order valence-corrected chi connectivity index (χ3v) is 2.08. The number of halogens is 1. The molecule has 1 unspecified atom stereocenters. The topological polar surface area (TPSA) is 29.1 Å². The van der Waals surface area contributed by atoms with E-state index in [1.54, 1.807) is 0 Å². The Morgan fingerprint density at radius 2 is 2.40 bits per heavy atom. The molecule has 1 atom stereocenters. The molecule has 56 valence electrons. The third kappa shape index (κ3) is 0.976. The molecule has 0 aromatic rings. The zero-order valence-corrected chi connectivity index (χ0v) is 6.41. The Morgan fingerprint density at radius 3 is 3.10 bits per heavy atom. The quantitative estimate of drug-likeness (QED) is 0.523. The Morgan fingerprint density at radius 1 is 1.60 bits per heavy atom. The van der Waals surface area contributed by atoms with E-state index >= 15 is 0 Å². The van der Waals surface area contributed by atoms with E-state index in [2.05, 4.69) is 11.4 Å². The van der Waals surface area contributed by atoms with Crippen molar-refractivity contribution >= 4 is 18.2 Å². The lowest BCUT2D eigenvalue weighted by molar-refractivity contribution is -0.119. The van der Waals surface area contributed by atoms with Crippen LogP contribution >= 0.6 is 12.4 Å². The molecule has 1 aliphatic heterocycles. The number of rotatable bonds is 0. The molecule has 0 spiro atoms. The van der Waals surface area contributed by atoms with Gasteiger partial charge in [0.2, 0.25) is 0 Å². The molecular formula is C7H10ClNO. The predicted octanol–water partition coefficient (Wildman–Crippen LogP) is 0.527. The largest absolute Gasteiger partial charge is 0.312 e. The van der Waals surface area contributed by atoms with Crippen LogP contribution in [0.4, 0.5) is 0 Å². The van der Waals surface area contributed by atoms with Gasteiger partial charge in [-0.15, -0.1) is 12.4 Å². The van der Waals surface area contributed by atoms with Crippen molar-refractivity contribution in [2.45, 2.75) is 6.42 Å². The molecule has 1 aliphatic carbocycles. The molecule has 0 aromatic heterocycles. The molecule has 1 heterocycles. The van der Waals surface area contributed by atoms with E-state index in [4.69, 9.17) is 0 Å². The number of hydrogen-bond donors (Lipinski definition) is 1. The van der Waals surface area contributed by atoms with Gasteiger partial charge in [0.15, 0.2) is 0 Å². The minimum atomic E-state index is 0. The van der Waals surface area contributed by atoms with Crippen molar-refractivity contribution in [3.63, 3.8) is 0 Å². The lowest BCUT2D eigenvalue weighted by atomic mass is 10.1. The number of fused-ring (bicyclic) bond motifs is 1. The van der Waals surface area contributed by atoms with Gasteiger partial charge in [-0.05, 0) is 5.57 Å². The summed E-state index contributed by atoms with van der Waals surface area (Å²) in [5.41, 5.74) is 1.32. The molecule has 10 heavy (non-hydrogen) atoms. The van der Waals surface area contributed by atoms with Crippen LogP contribution in [0.5, 0.6) is 0 Å². The highest BCUT2D eigenvalue weighted by Crippen LogP contribution is 2.24. The fourth-order valence-electron chi connectivity index (χ4n) is 1.52. The monoisotopic (exact) mass is 159 g/mol. The normalized spacial score (nSPS) is 29.4. The van der Waals surface area contributed by atoms with Crippen molar-refractivity contribution in [2.24, 2.45) is 5.92 Å². The van der Waals surface area contributed by atoms with Crippen molar-refractivity contribution in [1.29, 1.82) is 0 Å². The fourth-order valence-corrected chi connectivity index (χ4v) is 1.52. The zero-order valence-electron chi connectivity index (χ0n) is 5.59. The minimum absolute atomic E-state index is 0. The molecule has 2 nitrogen and oxygen atoms in total. The number of ketones is 1. The van der Waals surface area contributed by atoms with Gasteiger partial charge in [-0.3, -0.25) is 4.79 Å². The molecule has 0 saturated carbocycles. The van der Waals surface area contributed by atoms with E-state index in [9.17, 15) is 4.79 Å². The molecule has 2 rings (SSSR count). The second-order valence-electron chi connectivity index (χ2n) is 2.63. The molecule has 3 heteroatoms. The molecule has 0 radical (unpaired) electrons. The molecule has 0 amide bonds. The number of carbonyl (C=O) groups is 1. The highest BCUT2D eigenvalue weighted by atomic mass is 35.5. The summed E-state index contributed by atoms with van der Waals surface area (Å²) in [5, 5.41) is 3.17. The van der Waals surface area contributed by atoms with Crippen LogP contribution in [-0.4, -0.2) is 18.9 Å². The number of Topliss-reactive ketones (excluding diaryl/α,β-unsaturated/α-hetero) is 1. The SMILES string of the molecule is Cl.O=C1CC=C2CNCC12. The summed E-state index contributed by atoms with van der Waals surface area (Å²) in [6, 6.07) is 0. The average Bonchev–Trinajstić information content (AvgIpc) is 2.35. The van der Waals surface area contributed by atoms with Gasteiger partial charge in [-0.25, -0.2) is 0 Å². The van der Waals surface area contributed by atoms with Crippen LogP contribution in [0.25, 0.3) is 0 Å². The summed E-state index contributed by atoms with van der Waals surface area (Å²) < 4.78 is 0. The molecular weight excluding hydrogens is 150 g/mol. The van der Waals surface area contributed by atoms with Gasteiger partial charge >= 0.3 is 0 Å². The summed E-state index contributed by atoms with van der Waals surface area (Å²) in [6.07, 6.45) is 2.74. The smallest absolute Gasteiger partial charge is 0.145 e. The van der Waals surface area contributed by atoms with E-state index in [1.807, 2.05) is 0 Å². The Hall–Kier alpha value is -0.340. The second-order valence-corrected chi connectivity index (χ2v) is 2.63. The van der Waals surface area contributed by atoms with E-state index in [0.717, 1.165) is 13.1 Å². The van der Waals surface area contributed by atoms with Gasteiger partial charge in [0.25, 0.3) is 0 Å². The number of hydrogen-bond acceptors (Lipinski definition) is 2. The summed E-state index contributed by atoms with van der Waals surface area (Å²) in [5.74, 6) is 0.653. The van der Waals surface area contributed by atoms with Gasteiger partial charge in [0, 0.05) is 19.5 Å². The van der Waals surface area contributed by atoms with E-state index < -0.39 is 0 Å². The molecule has 0 aromatic carbocycles. The van der Waals surface area contributed by atoms with Crippen molar-refractivity contribution in [3.8, 4) is 0 Å². The second kappa shape index (κ2) is 2.72. The predicted molar refractivity (Wildman–Crippen MR) is 41.3 cm³/mol. The Kier molecular flexibility index (Phi) is 2.11. The summed E-state index contributed by atoms with van der Waals surface area (Å²) >= 11 is 0. The summed E-state index contributed by atoms with van der Waals surface area (Å²) in [7, 11) is 0. The van der Waals surface area contributed by atoms with Crippen molar-refractivity contribution < 1.29 is 4.79 Å². The standard InChI is InChI=1S/C7H9NO.ClH/c9-7-2-1-5-3-8-4-6(5)7;/h1,6,8H,2-4H2;1H. The van der Waals surface area contributed by atoms with Gasteiger partial charge in [-0.1, -0.05) is 6.08 Å². The lowest BCUT2D eigenvalue weighted by Crippen LogP contribution is -2.14. The first-order valence-corrected chi connectivity index (χ1v) is 3.30. The number of allylic oxidation sites excluding steroid dienone is 1. The van der Waals surface area contributed by atoms with Gasteiger partial charge < -0.3 is 5.32 Å². The van der Waals surface area contributed by atoms with E-state index in [1.165, 1.54) is 5.57 Å². The van der Waals surface area contributed by atoms with Crippen molar-refractivity contribution in [1.82, 2.24) is 5.32 Å². The van der Waals surface area contributed by atoms with E-state index in [-0.39, 0.29) is 18.3 Å². The first-order valence-electron chi connectivity index (χ1n) is 3.30. The van der Waals surface area contributed by atoms with Gasteiger partial charge in [0.05, 0.1) is 5.92 Å². The molecule has 2 aliphatic rings. The summed E-state index contributed by atoms with van der Waals surface area (Å²) in [6.45, 7) is 1.82. The van der Waals surface area contributed by atoms with Gasteiger partial charge in [0.1, 0.15) is 5.78 Å². The molecule has 1 saturated heterocycles. The minimum Gasteiger partial charge on any atom is -0.312 e. The lowest BCUT2D eigenvalue weighted by Gasteiger charge is -1.97. The van der Waals surface area contributed by atoms with Crippen LogP contribution in [0.2, 0.25) is 0 Å². The molecule has 1 fully saturated rings. The molecule has 0 bridgehead atoms. The van der Waals surface area contributed by atoms with Crippen molar-refractivity contribution in [2.75, 3.05) is 13.1 Å². The number of nitrogens with one attached hydrogen (secondary N) is 1. The fraction of sp³-hybridized carbons (Fsp3) is 0.571. The van der Waals surface area contributed by atoms with Gasteiger partial charge in [-0.2, -0.15) is 0 Å². The van der Waals surface area contributed by atoms with E-state index in [0.29, 0.717) is 12.2 Å². The highest BCUT2D eigenvalue weighted by molar-refractivity contribution is 5.89. The third-order valence-electron chi connectivity index (χ3n) is 2.08. The summed E-state index contributed by atoms with van der Waals surface area (Å²) in [4.78, 5) is 11.0. The van der Waals surface area contributed by atoms with Crippen LogP contribution in [0, 0.1) is 5.92 Å². The van der Waals surface area contributed by atoms with Crippen LogP contribution in [0.3, 0.4) is 0 Å². The maximum atomic E-state index is 11.0. The van der Waals surface area contributed by atoms with Crippen molar-refractivity contribution in [3.05, 3.63) is 11.6 Å². The molecule has 1 N–H and O–H groups in total.